The van der Waals surface area contributed by atoms with E-state index in [1.165, 1.54) is 18.2 Å². The Labute approximate surface area is 185 Å². The number of hydrogen-bond acceptors (Lipinski definition) is 2. The highest BCUT2D eigenvalue weighted by Gasteiger charge is 2.41. The average Bonchev–Trinajstić information content (AvgIpc) is 3.06. The minimum absolute atomic E-state index is 0.162. The normalized spacial score (nSPS) is 20.7. The molecule has 3 rings (SSSR count). The smallest absolute Gasteiger partial charge is 0.396 e. The Kier molecular flexibility index (Phi) is 6.72. The molecule has 1 aliphatic heterocycles. The van der Waals surface area contributed by atoms with E-state index in [-0.39, 0.29) is 12.0 Å². The number of likely N-dealkylation sites (tertiary alicyclic amines) is 1. The second kappa shape index (κ2) is 8.83. The van der Waals surface area contributed by atoms with Crippen molar-refractivity contribution in [2.24, 2.45) is 5.41 Å². The van der Waals surface area contributed by atoms with Crippen LogP contribution in [0.1, 0.15) is 47.1 Å². The molecule has 1 aliphatic rings. The quantitative estimate of drug-likeness (QED) is 0.571. The number of nitrogens with zero attached hydrogens (tertiary/aromatic N) is 1. The lowest BCUT2D eigenvalue weighted by Crippen LogP contribution is -2.31. The maximum atomic E-state index is 13.9. The van der Waals surface area contributed by atoms with E-state index >= 15 is 0 Å². The van der Waals surface area contributed by atoms with Gasteiger partial charge >= 0.3 is 12.1 Å². The molecule has 1 heterocycles. The Morgan fingerprint density at radius 2 is 1.90 bits per heavy atom. The summed E-state index contributed by atoms with van der Waals surface area (Å²) in [5.74, 6) is -2.44. The van der Waals surface area contributed by atoms with Crippen LogP contribution in [0.5, 0.6) is 0 Å². The molecule has 2 aromatic rings. The molecular weight excluding hydrogens is 427 g/mol. The first-order valence-corrected chi connectivity index (χ1v) is 10.6. The second-order valence-electron chi connectivity index (χ2n) is 8.89. The van der Waals surface area contributed by atoms with Crippen LogP contribution in [-0.2, 0) is 17.8 Å². The lowest BCUT2D eigenvalue weighted by Gasteiger charge is -2.23. The van der Waals surface area contributed by atoms with Crippen LogP contribution < -0.4 is 0 Å². The number of aryl methyl sites for hydroxylation is 2. The van der Waals surface area contributed by atoms with Crippen molar-refractivity contribution >= 4 is 17.6 Å². The number of carboxylic acids is 1. The summed E-state index contributed by atoms with van der Waals surface area (Å²) >= 11 is 6.00. The van der Waals surface area contributed by atoms with Gasteiger partial charge in [-0.1, -0.05) is 41.9 Å². The molecule has 0 amide bonds. The van der Waals surface area contributed by atoms with Crippen molar-refractivity contribution in [1.82, 2.24) is 4.90 Å². The molecule has 0 bridgehead atoms. The van der Waals surface area contributed by atoms with E-state index in [4.69, 9.17) is 11.6 Å². The fourth-order valence-electron chi connectivity index (χ4n) is 4.17. The molecule has 0 aromatic heterocycles. The van der Waals surface area contributed by atoms with Crippen LogP contribution in [0.25, 0.3) is 0 Å². The van der Waals surface area contributed by atoms with Crippen molar-refractivity contribution in [3.63, 3.8) is 0 Å². The van der Waals surface area contributed by atoms with Gasteiger partial charge in [0.25, 0.3) is 0 Å². The van der Waals surface area contributed by atoms with Gasteiger partial charge in [0.2, 0.25) is 0 Å². The van der Waals surface area contributed by atoms with Gasteiger partial charge in [-0.2, -0.15) is 13.2 Å². The van der Waals surface area contributed by atoms with Crippen molar-refractivity contribution in [2.45, 2.75) is 52.3 Å². The van der Waals surface area contributed by atoms with E-state index in [1.807, 2.05) is 19.1 Å². The highest BCUT2D eigenvalue weighted by Crippen LogP contribution is 2.39. The van der Waals surface area contributed by atoms with Crippen LogP contribution in [0.2, 0.25) is 5.02 Å². The Morgan fingerprint density at radius 1 is 1.19 bits per heavy atom. The van der Waals surface area contributed by atoms with E-state index < -0.39 is 23.5 Å². The van der Waals surface area contributed by atoms with Gasteiger partial charge in [0.05, 0.1) is 11.3 Å². The molecule has 1 unspecified atom stereocenters. The highest BCUT2D eigenvalue weighted by molar-refractivity contribution is 6.31. The van der Waals surface area contributed by atoms with Gasteiger partial charge in [-0.05, 0) is 74.0 Å². The summed E-state index contributed by atoms with van der Waals surface area (Å²) in [6.07, 6.45) is -3.98. The van der Waals surface area contributed by atoms with Gasteiger partial charge < -0.3 is 5.11 Å². The summed E-state index contributed by atoms with van der Waals surface area (Å²) in [4.78, 5) is 13.6. The lowest BCUT2D eigenvalue weighted by atomic mass is 9.89. The second-order valence-corrected chi connectivity index (χ2v) is 9.30. The van der Waals surface area contributed by atoms with Gasteiger partial charge in [0.15, 0.2) is 0 Å². The van der Waals surface area contributed by atoms with Crippen LogP contribution in [0.3, 0.4) is 0 Å². The third-order valence-corrected chi connectivity index (χ3v) is 6.72. The van der Waals surface area contributed by atoms with Crippen LogP contribution in [0.4, 0.5) is 13.2 Å². The number of halogens is 4. The van der Waals surface area contributed by atoms with Crippen molar-refractivity contribution in [3.05, 3.63) is 69.2 Å². The monoisotopic (exact) mass is 453 g/mol. The van der Waals surface area contributed by atoms with E-state index in [0.29, 0.717) is 42.2 Å². The minimum Gasteiger partial charge on any atom is -0.481 e. The lowest BCUT2D eigenvalue weighted by molar-refractivity contribution is -0.150. The topological polar surface area (TPSA) is 40.5 Å². The molecule has 7 heteroatoms. The maximum Gasteiger partial charge on any atom is 0.396 e. The van der Waals surface area contributed by atoms with Crippen molar-refractivity contribution in [2.75, 3.05) is 13.1 Å². The van der Waals surface area contributed by atoms with Crippen LogP contribution in [-0.4, -0.2) is 35.2 Å². The Hall–Kier alpha value is -2.05. The molecule has 0 saturated carbocycles. The summed E-state index contributed by atoms with van der Waals surface area (Å²) in [5.41, 5.74) is 2.57. The molecule has 0 aliphatic carbocycles. The molecule has 31 heavy (non-hydrogen) atoms. The molecule has 1 fully saturated rings. The zero-order chi connectivity index (χ0) is 23.0. The maximum absolute atomic E-state index is 13.9. The third-order valence-electron chi connectivity index (χ3n) is 6.30. The summed E-state index contributed by atoms with van der Waals surface area (Å²) in [6, 6.07) is 9.88. The largest absolute Gasteiger partial charge is 0.481 e. The predicted octanol–water partition coefficient (Wildman–Crippen LogP) is 6.14. The van der Waals surface area contributed by atoms with Gasteiger partial charge in [-0.3, -0.25) is 9.69 Å². The molecule has 2 aromatic carbocycles. The molecule has 168 valence electrons. The molecule has 0 radical (unpaired) electrons. The summed E-state index contributed by atoms with van der Waals surface area (Å²) in [5, 5.41) is 9.88. The average molecular weight is 454 g/mol. The Balaban J connectivity index is 1.82. The number of aliphatic carboxylic acids is 1. The Bertz CT molecular complexity index is 976. The molecule has 0 spiro atoms. The first-order chi connectivity index (χ1) is 14.4. The van der Waals surface area contributed by atoms with Crippen molar-refractivity contribution in [3.8, 4) is 0 Å². The molecule has 3 nitrogen and oxygen atoms in total. The summed E-state index contributed by atoms with van der Waals surface area (Å²) in [6.45, 7) is 6.97. The van der Waals surface area contributed by atoms with Crippen molar-refractivity contribution in [1.29, 1.82) is 0 Å². The summed E-state index contributed by atoms with van der Waals surface area (Å²) < 4.78 is 41.7. The minimum atomic E-state index is -4.39. The zero-order valence-corrected chi connectivity index (χ0v) is 18.6. The van der Waals surface area contributed by atoms with Gasteiger partial charge in [-0.15, -0.1) is 0 Å². The predicted molar refractivity (Wildman–Crippen MR) is 116 cm³/mol. The number of benzene rings is 2. The first-order valence-electron chi connectivity index (χ1n) is 10.3. The van der Waals surface area contributed by atoms with E-state index in [2.05, 4.69) is 4.90 Å². The van der Waals surface area contributed by atoms with Gasteiger partial charge in [-0.25, -0.2) is 0 Å². The molecule has 1 N–H and O–H groups in total. The summed E-state index contributed by atoms with van der Waals surface area (Å²) in [7, 11) is 0. The number of carbonyl (C=O) groups is 1. The first kappa shape index (κ1) is 23.6. The molecule has 1 saturated heterocycles. The van der Waals surface area contributed by atoms with Crippen LogP contribution in [0.15, 0.2) is 36.4 Å². The molecular formula is C24H27ClF3NO2. The van der Waals surface area contributed by atoms with E-state index in [9.17, 15) is 23.1 Å². The standard InChI is InChI=1S/C24H27ClF3NO2/c1-15-4-5-17(11-19(15)13-29-9-8-23(3,14-29)22(30)31)12-20(24(26,27)28)18-6-7-21(25)16(2)10-18/h4-7,10-11,20H,8-9,12-14H2,1-3H3,(H,30,31)/t20-,23?/m0/s1. The third kappa shape index (κ3) is 5.42. The number of hydrogen-bond donors (Lipinski definition) is 1. The van der Waals surface area contributed by atoms with Crippen LogP contribution >= 0.6 is 11.6 Å². The van der Waals surface area contributed by atoms with Gasteiger partial charge in [0.1, 0.15) is 0 Å². The molecule has 2 atom stereocenters. The zero-order valence-electron chi connectivity index (χ0n) is 17.9. The SMILES string of the molecule is Cc1cc([C@H](Cc2ccc(C)c(CN3CCC(C)(C(=O)O)C3)c2)C(F)(F)F)ccc1Cl. The van der Waals surface area contributed by atoms with Gasteiger partial charge in [0, 0.05) is 18.1 Å². The van der Waals surface area contributed by atoms with Crippen molar-refractivity contribution < 1.29 is 23.1 Å². The number of carboxylic acid groups (broad SMARTS) is 1. The fraction of sp³-hybridized carbons (Fsp3) is 0.458. The fourth-order valence-corrected chi connectivity index (χ4v) is 4.29. The van der Waals surface area contributed by atoms with E-state index in [1.54, 1.807) is 19.9 Å². The van der Waals surface area contributed by atoms with E-state index in [0.717, 1.165) is 11.1 Å². The Morgan fingerprint density at radius 3 is 2.48 bits per heavy atom. The van der Waals surface area contributed by atoms with Crippen LogP contribution in [0, 0.1) is 19.3 Å². The number of alkyl halides is 3. The highest BCUT2D eigenvalue weighted by atomic mass is 35.5. The number of rotatable bonds is 6.